The first-order valence-corrected chi connectivity index (χ1v) is 5.98. The first-order valence-electron chi connectivity index (χ1n) is 5.98. The van der Waals surface area contributed by atoms with Gasteiger partial charge in [0, 0.05) is 6.04 Å². The Bertz CT molecular complexity index is 388. The molecular formula is C13H17NO2. The largest absolute Gasteiger partial charge is 0.486 e. The minimum Gasteiger partial charge on any atom is -0.486 e. The van der Waals surface area contributed by atoms with E-state index in [-0.39, 0.29) is 6.04 Å². The van der Waals surface area contributed by atoms with Gasteiger partial charge in [-0.2, -0.15) is 0 Å². The lowest BCUT2D eigenvalue weighted by molar-refractivity contribution is 0.171. The summed E-state index contributed by atoms with van der Waals surface area (Å²) in [5.74, 6) is 2.53. The summed E-state index contributed by atoms with van der Waals surface area (Å²) in [7, 11) is 0. The average molecular weight is 219 g/mol. The Labute approximate surface area is 95.5 Å². The van der Waals surface area contributed by atoms with Crippen molar-refractivity contribution in [2.45, 2.75) is 25.3 Å². The molecule has 3 heteroatoms. The lowest BCUT2D eigenvalue weighted by Gasteiger charge is -2.20. The van der Waals surface area contributed by atoms with Crippen LogP contribution >= 0.6 is 0 Å². The summed E-state index contributed by atoms with van der Waals surface area (Å²) in [6.45, 7) is 1.27. The molecule has 1 aromatic rings. The Morgan fingerprint density at radius 1 is 1.19 bits per heavy atom. The smallest absolute Gasteiger partial charge is 0.161 e. The number of ether oxygens (including phenoxy) is 2. The van der Waals surface area contributed by atoms with Crippen LogP contribution in [0.4, 0.5) is 0 Å². The van der Waals surface area contributed by atoms with Gasteiger partial charge in [-0.1, -0.05) is 18.9 Å². The second kappa shape index (κ2) is 3.98. The number of benzene rings is 1. The predicted molar refractivity (Wildman–Crippen MR) is 61.7 cm³/mol. The minimum absolute atomic E-state index is 0.142. The summed E-state index contributed by atoms with van der Waals surface area (Å²) >= 11 is 0. The topological polar surface area (TPSA) is 44.5 Å². The summed E-state index contributed by atoms with van der Waals surface area (Å²) in [4.78, 5) is 0. The fraction of sp³-hybridized carbons (Fsp3) is 0.538. The van der Waals surface area contributed by atoms with Crippen molar-refractivity contribution in [3.05, 3.63) is 23.8 Å². The molecule has 1 saturated carbocycles. The Morgan fingerprint density at radius 2 is 1.94 bits per heavy atom. The third-order valence-corrected chi connectivity index (χ3v) is 3.28. The molecule has 1 aliphatic carbocycles. The van der Waals surface area contributed by atoms with Gasteiger partial charge in [-0.05, 0) is 30.0 Å². The van der Waals surface area contributed by atoms with Crippen LogP contribution in [-0.2, 0) is 0 Å². The molecule has 1 heterocycles. The van der Waals surface area contributed by atoms with Gasteiger partial charge in [0.25, 0.3) is 0 Å². The van der Waals surface area contributed by atoms with Gasteiger partial charge in [0.15, 0.2) is 11.5 Å². The quantitative estimate of drug-likeness (QED) is 0.848. The summed E-state index contributed by atoms with van der Waals surface area (Å²) < 4.78 is 11.0. The zero-order valence-corrected chi connectivity index (χ0v) is 9.32. The highest BCUT2D eigenvalue weighted by molar-refractivity contribution is 5.44. The molecule has 0 unspecified atom stereocenters. The second-order valence-corrected chi connectivity index (χ2v) is 4.69. The van der Waals surface area contributed by atoms with Gasteiger partial charge in [-0.25, -0.2) is 0 Å². The third-order valence-electron chi connectivity index (χ3n) is 3.28. The van der Waals surface area contributed by atoms with Crippen molar-refractivity contribution in [2.75, 3.05) is 13.2 Å². The number of rotatable bonds is 3. The minimum atomic E-state index is 0.142. The normalized spacial score (nSPS) is 20.6. The number of nitrogens with two attached hydrogens (primary N) is 1. The molecular weight excluding hydrogens is 202 g/mol. The van der Waals surface area contributed by atoms with Crippen LogP contribution in [-0.4, -0.2) is 13.2 Å². The van der Waals surface area contributed by atoms with Crippen molar-refractivity contribution in [3.8, 4) is 11.5 Å². The molecule has 0 aromatic heterocycles. The zero-order valence-electron chi connectivity index (χ0n) is 9.32. The fourth-order valence-corrected chi connectivity index (χ4v) is 2.14. The van der Waals surface area contributed by atoms with Crippen molar-refractivity contribution in [1.29, 1.82) is 0 Å². The SMILES string of the molecule is N[C@@H](CC1CC1)c1ccc2c(c1)OCCO2. The molecule has 3 nitrogen and oxygen atoms in total. The summed E-state index contributed by atoms with van der Waals surface area (Å²) in [5, 5.41) is 0. The Hall–Kier alpha value is -1.22. The first kappa shape index (κ1) is 9.97. The second-order valence-electron chi connectivity index (χ2n) is 4.69. The highest BCUT2D eigenvalue weighted by Crippen LogP contribution is 2.38. The van der Waals surface area contributed by atoms with Crippen LogP contribution in [0.1, 0.15) is 30.9 Å². The molecule has 2 aliphatic rings. The molecule has 0 amide bonds. The van der Waals surface area contributed by atoms with Gasteiger partial charge in [0.05, 0.1) is 0 Å². The van der Waals surface area contributed by atoms with Crippen LogP contribution in [0.5, 0.6) is 11.5 Å². The monoisotopic (exact) mass is 219 g/mol. The van der Waals surface area contributed by atoms with Crippen LogP contribution in [0.2, 0.25) is 0 Å². The van der Waals surface area contributed by atoms with E-state index in [0.29, 0.717) is 13.2 Å². The van der Waals surface area contributed by atoms with Crippen LogP contribution < -0.4 is 15.2 Å². The summed E-state index contributed by atoms with van der Waals surface area (Å²) in [5.41, 5.74) is 7.34. The molecule has 0 spiro atoms. The maximum absolute atomic E-state index is 6.17. The highest BCUT2D eigenvalue weighted by Gasteiger charge is 2.25. The number of fused-ring (bicyclic) bond motifs is 1. The van der Waals surface area contributed by atoms with Crippen molar-refractivity contribution >= 4 is 0 Å². The van der Waals surface area contributed by atoms with E-state index in [1.54, 1.807) is 0 Å². The Kier molecular flexibility index (Phi) is 2.48. The number of hydrogen-bond donors (Lipinski definition) is 1. The van der Waals surface area contributed by atoms with Crippen molar-refractivity contribution in [3.63, 3.8) is 0 Å². The zero-order chi connectivity index (χ0) is 11.0. The molecule has 3 rings (SSSR count). The van der Waals surface area contributed by atoms with E-state index >= 15 is 0 Å². The standard InChI is InChI=1S/C13H17NO2/c14-11(7-9-1-2-9)10-3-4-12-13(8-10)16-6-5-15-12/h3-4,8-9,11H,1-2,5-7,14H2/t11-/m0/s1. The van der Waals surface area contributed by atoms with Gasteiger partial charge in [-0.15, -0.1) is 0 Å². The van der Waals surface area contributed by atoms with E-state index in [2.05, 4.69) is 6.07 Å². The first-order chi connectivity index (χ1) is 7.83. The molecule has 1 atom stereocenters. The lowest BCUT2D eigenvalue weighted by atomic mass is 10.0. The summed E-state index contributed by atoms with van der Waals surface area (Å²) in [6, 6.07) is 6.20. The van der Waals surface area contributed by atoms with Crippen LogP contribution in [0.25, 0.3) is 0 Å². The summed E-state index contributed by atoms with van der Waals surface area (Å²) in [6.07, 6.45) is 3.79. The maximum Gasteiger partial charge on any atom is 0.161 e. The predicted octanol–water partition coefficient (Wildman–Crippen LogP) is 2.26. The molecule has 1 fully saturated rings. The average Bonchev–Trinajstić information content (AvgIpc) is 3.12. The van der Waals surface area contributed by atoms with Gasteiger partial charge < -0.3 is 15.2 Å². The van der Waals surface area contributed by atoms with E-state index in [1.165, 1.54) is 12.8 Å². The Morgan fingerprint density at radius 3 is 2.69 bits per heavy atom. The van der Waals surface area contributed by atoms with E-state index in [4.69, 9.17) is 15.2 Å². The van der Waals surface area contributed by atoms with Crippen LogP contribution in [0, 0.1) is 5.92 Å². The maximum atomic E-state index is 6.17. The molecule has 86 valence electrons. The van der Waals surface area contributed by atoms with Crippen LogP contribution in [0.15, 0.2) is 18.2 Å². The third kappa shape index (κ3) is 2.00. The van der Waals surface area contributed by atoms with Gasteiger partial charge >= 0.3 is 0 Å². The molecule has 1 aliphatic heterocycles. The van der Waals surface area contributed by atoms with E-state index in [0.717, 1.165) is 29.4 Å². The molecule has 2 N–H and O–H groups in total. The molecule has 0 saturated heterocycles. The molecule has 1 aromatic carbocycles. The van der Waals surface area contributed by atoms with Gasteiger partial charge in [-0.3, -0.25) is 0 Å². The molecule has 16 heavy (non-hydrogen) atoms. The van der Waals surface area contributed by atoms with Crippen molar-refractivity contribution < 1.29 is 9.47 Å². The van der Waals surface area contributed by atoms with E-state index in [9.17, 15) is 0 Å². The number of hydrogen-bond acceptors (Lipinski definition) is 3. The van der Waals surface area contributed by atoms with E-state index in [1.807, 2.05) is 12.1 Å². The van der Waals surface area contributed by atoms with Gasteiger partial charge in [0.2, 0.25) is 0 Å². The van der Waals surface area contributed by atoms with E-state index < -0.39 is 0 Å². The van der Waals surface area contributed by atoms with Crippen LogP contribution in [0.3, 0.4) is 0 Å². The molecule has 0 bridgehead atoms. The van der Waals surface area contributed by atoms with Crippen molar-refractivity contribution in [2.24, 2.45) is 11.7 Å². The van der Waals surface area contributed by atoms with Crippen molar-refractivity contribution in [1.82, 2.24) is 0 Å². The lowest BCUT2D eigenvalue weighted by Crippen LogP contribution is -2.17. The highest BCUT2D eigenvalue weighted by atomic mass is 16.6. The Balaban J connectivity index is 1.78. The molecule has 0 radical (unpaired) electrons. The van der Waals surface area contributed by atoms with Gasteiger partial charge in [0.1, 0.15) is 13.2 Å². The fourth-order valence-electron chi connectivity index (χ4n) is 2.14.